The van der Waals surface area contributed by atoms with Crippen molar-refractivity contribution in [3.8, 4) is 0 Å². The molecule has 2 aromatic carbocycles. The van der Waals surface area contributed by atoms with Crippen molar-refractivity contribution in [3.63, 3.8) is 0 Å². The van der Waals surface area contributed by atoms with Crippen LogP contribution in [-0.2, 0) is 6.54 Å². The highest BCUT2D eigenvalue weighted by Gasteiger charge is 2.06. The van der Waals surface area contributed by atoms with Gasteiger partial charge in [0.05, 0.1) is 0 Å². The predicted octanol–water partition coefficient (Wildman–Crippen LogP) is 5.30. The van der Waals surface area contributed by atoms with Crippen LogP contribution in [0.5, 0.6) is 0 Å². The fourth-order valence-corrected chi connectivity index (χ4v) is 2.67. The molecule has 3 rings (SSSR count). The van der Waals surface area contributed by atoms with E-state index in [9.17, 15) is 0 Å². The molecule has 0 aliphatic heterocycles. The van der Waals surface area contributed by atoms with Crippen LogP contribution in [0, 0.1) is 6.92 Å². The van der Waals surface area contributed by atoms with E-state index < -0.39 is 0 Å². The van der Waals surface area contributed by atoms with Gasteiger partial charge in [0.2, 0.25) is 0 Å². The minimum Gasteiger partial charge on any atom is -0.340 e. The third-order valence-electron chi connectivity index (χ3n) is 3.32. The molecule has 96 valence electrons. The summed E-state index contributed by atoms with van der Waals surface area (Å²) in [6.07, 6.45) is 0. The van der Waals surface area contributed by atoms with E-state index in [0.29, 0.717) is 0 Å². The lowest BCUT2D eigenvalue weighted by Gasteiger charge is -2.08. The minimum atomic E-state index is 0.768. The monoisotopic (exact) mass is 289 g/mol. The van der Waals surface area contributed by atoms with Crippen LogP contribution < -0.4 is 0 Å². The fraction of sp³-hybridized carbons (Fsp3) is 0.125. The van der Waals surface area contributed by atoms with Crippen LogP contribution in [0.4, 0.5) is 0 Å². The molecule has 0 saturated carbocycles. The maximum atomic E-state index is 6.03. The maximum Gasteiger partial charge on any atom is 0.0486 e. The largest absolute Gasteiger partial charge is 0.340 e. The van der Waals surface area contributed by atoms with Gasteiger partial charge in [-0.15, -0.1) is 0 Å². The molecule has 0 aliphatic rings. The molecule has 1 heterocycles. The molecular formula is C16H13Cl2N. The van der Waals surface area contributed by atoms with Gasteiger partial charge in [0, 0.05) is 33.2 Å². The molecule has 0 saturated heterocycles. The molecule has 0 amide bonds. The number of fused-ring (bicyclic) bond motifs is 1. The molecule has 0 spiro atoms. The summed E-state index contributed by atoms with van der Waals surface area (Å²) in [4.78, 5) is 0. The quantitative estimate of drug-likeness (QED) is 0.603. The molecule has 0 N–H and O–H groups in total. The first-order valence-electron chi connectivity index (χ1n) is 6.13. The molecule has 3 aromatic rings. The van der Waals surface area contributed by atoms with Crippen molar-refractivity contribution in [1.82, 2.24) is 4.57 Å². The average Bonchev–Trinajstić information content (AvgIpc) is 2.68. The first kappa shape index (κ1) is 12.6. The van der Waals surface area contributed by atoms with E-state index >= 15 is 0 Å². The first-order chi connectivity index (χ1) is 9.13. The Morgan fingerprint density at radius 2 is 1.58 bits per heavy atom. The molecule has 0 bridgehead atoms. The fourth-order valence-electron chi connectivity index (χ4n) is 2.36. The highest BCUT2D eigenvalue weighted by Crippen LogP contribution is 2.24. The van der Waals surface area contributed by atoms with E-state index in [-0.39, 0.29) is 0 Å². The molecule has 0 aliphatic carbocycles. The number of benzene rings is 2. The van der Waals surface area contributed by atoms with Crippen LogP contribution >= 0.6 is 23.2 Å². The maximum absolute atomic E-state index is 6.03. The number of hydrogen-bond acceptors (Lipinski definition) is 0. The molecule has 0 radical (unpaired) electrons. The number of rotatable bonds is 2. The van der Waals surface area contributed by atoms with Gasteiger partial charge in [-0.1, -0.05) is 35.3 Å². The average molecular weight is 290 g/mol. The third kappa shape index (κ3) is 2.49. The zero-order valence-electron chi connectivity index (χ0n) is 10.5. The lowest BCUT2D eigenvalue weighted by molar-refractivity contribution is 0.805. The Kier molecular flexibility index (Phi) is 3.26. The predicted molar refractivity (Wildman–Crippen MR) is 82.2 cm³/mol. The highest BCUT2D eigenvalue weighted by atomic mass is 35.5. The van der Waals surface area contributed by atoms with E-state index in [4.69, 9.17) is 23.2 Å². The summed E-state index contributed by atoms with van der Waals surface area (Å²) in [5.41, 5.74) is 3.67. The van der Waals surface area contributed by atoms with Crippen LogP contribution in [0.25, 0.3) is 10.9 Å². The zero-order chi connectivity index (χ0) is 13.4. The molecule has 1 aromatic heterocycles. The Balaban J connectivity index is 2.05. The van der Waals surface area contributed by atoms with Crippen molar-refractivity contribution in [2.45, 2.75) is 13.5 Å². The second kappa shape index (κ2) is 4.92. The van der Waals surface area contributed by atoms with E-state index in [1.165, 1.54) is 22.2 Å². The van der Waals surface area contributed by atoms with Crippen molar-refractivity contribution in [1.29, 1.82) is 0 Å². The second-order valence-corrected chi connectivity index (χ2v) is 5.57. The van der Waals surface area contributed by atoms with Crippen LogP contribution in [0.1, 0.15) is 11.3 Å². The standard InChI is InChI=1S/C16H13Cl2N/c1-11-8-13-9-15(18)6-7-16(13)19(11)10-12-2-4-14(17)5-3-12/h2-9H,10H2,1H3. The minimum absolute atomic E-state index is 0.768. The summed E-state index contributed by atoms with van der Waals surface area (Å²) in [5.74, 6) is 0. The lowest BCUT2D eigenvalue weighted by Crippen LogP contribution is -2.01. The summed E-state index contributed by atoms with van der Waals surface area (Å²) >= 11 is 11.9. The third-order valence-corrected chi connectivity index (χ3v) is 3.81. The lowest BCUT2D eigenvalue weighted by atomic mass is 10.2. The van der Waals surface area contributed by atoms with Crippen LogP contribution in [-0.4, -0.2) is 4.57 Å². The summed E-state index contributed by atoms with van der Waals surface area (Å²) < 4.78 is 2.29. The SMILES string of the molecule is Cc1cc2cc(Cl)ccc2n1Cc1ccc(Cl)cc1. The van der Waals surface area contributed by atoms with Crippen molar-refractivity contribution in [3.05, 3.63) is 69.8 Å². The topological polar surface area (TPSA) is 4.93 Å². The van der Waals surface area contributed by atoms with E-state index in [1.807, 2.05) is 24.3 Å². The Morgan fingerprint density at radius 1 is 0.895 bits per heavy atom. The highest BCUT2D eigenvalue weighted by molar-refractivity contribution is 6.31. The summed E-state index contributed by atoms with van der Waals surface area (Å²) in [6, 6.07) is 16.1. The van der Waals surface area contributed by atoms with Gasteiger partial charge >= 0.3 is 0 Å². The first-order valence-corrected chi connectivity index (χ1v) is 6.89. The number of halogens is 2. The second-order valence-electron chi connectivity index (χ2n) is 4.70. The molecule has 19 heavy (non-hydrogen) atoms. The Morgan fingerprint density at radius 3 is 2.32 bits per heavy atom. The van der Waals surface area contributed by atoms with E-state index in [2.05, 4.69) is 35.8 Å². The molecule has 1 nitrogen and oxygen atoms in total. The van der Waals surface area contributed by atoms with Crippen molar-refractivity contribution >= 4 is 34.1 Å². The molecule has 0 atom stereocenters. The summed E-state index contributed by atoms with van der Waals surface area (Å²) in [6.45, 7) is 2.96. The van der Waals surface area contributed by atoms with Gasteiger partial charge in [-0.2, -0.15) is 0 Å². The van der Waals surface area contributed by atoms with Gasteiger partial charge in [0.25, 0.3) is 0 Å². The van der Waals surface area contributed by atoms with Gasteiger partial charge in [0.15, 0.2) is 0 Å². The van der Waals surface area contributed by atoms with Gasteiger partial charge < -0.3 is 4.57 Å². The summed E-state index contributed by atoms with van der Waals surface area (Å²) in [5, 5.41) is 2.72. The van der Waals surface area contributed by atoms with Gasteiger partial charge in [-0.05, 0) is 48.9 Å². The Hall–Kier alpha value is -1.44. The Bertz CT molecular complexity index is 726. The smallest absolute Gasteiger partial charge is 0.0486 e. The van der Waals surface area contributed by atoms with Gasteiger partial charge in [-0.25, -0.2) is 0 Å². The van der Waals surface area contributed by atoms with Gasteiger partial charge in [-0.3, -0.25) is 0 Å². The number of aryl methyl sites for hydroxylation is 1. The van der Waals surface area contributed by atoms with Crippen LogP contribution in [0.2, 0.25) is 10.0 Å². The number of aromatic nitrogens is 1. The molecule has 0 fully saturated rings. The normalized spacial score (nSPS) is 11.1. The van der Waals surface area contributed by atoms with E-state index in [0.717, 1.165) is 16.6 Å². The molecular weight excluding hydrogens is 277 g/mol. The van der Waals surface area contributed by atoms with Crippen molar-refractivity contribution in [2.75, 3.05) is 0 Å². The molecule has 0 unspecified atom stereocenters. The Labute approximate surface area is 122 Å². The van der Waals surface area contributed by atoms with Crippen LogP contribution in [0.3, 0.4) is 0 Å². The number of hydrogen-bond donors (Lipinski definition) is 0. The van der Waals surface area contributed by atoms with Gasteiger partial charge in [0.1, 0.15) is 0 Å². The molecule has 3 heteroatoms. The summed E-state index contributed by atoms with van der Waals surface area (Å²) in [7, 11) is 0. The number of nitrogens with zero attached hydrogens (tertiary/aromatic N) is 1. The van der Waals surface area contributed by atoms with Crippen molar-refractivity contribution < 1.29 is 0 Å². The zero-order valence-corrected chi connectivity index (χ0v) is 12.0. The van der Waals surface area contributed by atoms with Crippen molar-refractivity contribution in [2.24, 2.45) is 0 Å². The van der Waals surface area contributed by atoms with Crippen LogP contribution in [0.15, 0.2) is 48.5 Å². The van der Waals surface area contributed by atoms with E-state index in [1.54, 1.807) is 0 Å².